The minimum atomic E-state index is -0.466. The smallest absolute Gasteiger partial charge is 0.0840 e. The standard InChI is InChI=1S/C12H12ClNOS/c13-8-11(15)7-9-1-3-10(4-2-9)12-5-6-16-14-12/h1-6,11,15H,7-8H2. The van der Waals surface area contributed by atoms with E-state index in [-0.39, 0.29) is 5.88 Å². The lowest BCUT2D eigenvalue weighted by molar-refractivity contribution is 0.199. The van der Waals surface area contributed by atoms with Gasteiger partial charge in [0.1, 0.15) is 0 Å². The van der Waals surface area contributed by atoms with Crippen LogP contribution in [0.3, 0.4) is 0 Å². The van der Waals surface area contributed by atoms with Gasteiger partial charge in [-0.2, -0.15) is 4.37 Å². The second-order valence-electron chi connectivity index (χ2n) is 3.59. The largest absolute Gasteiger partial charge is 0.392 e. The summed E-state index contributed by atoms with van der Waals surface area (Å²) in [6.45, 7) is 0. The molecule has 0 saturated heterocycles. The van der Waals surface area contributed by atoms with Crippen molar-refractivity contribution in [2.45, 2.75) is 12.5 Å². The van der Waals surface area contributed by atoms with Crippen molar-refractivity contribution in [2.24, 2.45) is 0 Å². The molecule has 84 valence electrons. The van der Waals surface area contributed by atoms with Crippen LogP contribution in [0, 0.1) is 0 Å². The lowest BCUT2D eigenvalue weighted by Gasteiger charge is -2.06. The van der Waals surface area contributed by atoms with Gasteiger partial charge in [0.2, 0.25) is 0 Å². The molecule has 1 aromatic heterocycles. The van der Waals surface area contributed by atoms with E-state index in [1.165, 1.54) is 11.5 Å². The third-order valence-electron chi connectivity index (χ3n) is 2.34. The van der Waals surface area contributed by atoms with Crippen LogP contribution in [-0.2, 0) is 6.42 Å². The van der Waals surface area contributed by atoms with Crippen molar-refractivity contribution < 1.29 is 5.11 Å². The van der Waals surface area contributed by atoms with E-state index in [0.717, 1.165) is 16.8 Å². The first kappa shape index (κ1) is 11.6. The highest BCUT2D eigenvalue weighted by molar-refractivity contribution is 7.03. The maximum Gasteiger partial charge on any atom is 0.0840 e. The van der Waals surface area contributed by atoms with Gasteiger partial charge in [-0.15, -0.1) is 11.6 Å². The molecule has 2 rings (SSSR count). The van der Waals surface area contributed by atoms with Crippen molar-refractivity contribution >= 4 is 23.1 Å². The van der Waals surface area contributed by atoms with Crippen LogP contribution < -0.4 is 0 Å². The number of halogens is 1. The predicted molar refractivity (Wildman–Crippen MR) is 68.0 cm³/mol. The number of rotatable bonds is 4. The first-order valence-corrected chi connectivity index (χ1v) is 6.40. The average molecular weight is 254 g/mol. The number of hydrogen-bond acceptors (Lipinski definition) is 3. The Bertz CT molecular complexity index is 427. The number of hydrogen-bond donors (Lipinski definition) is 1. The van der Waals surface area contributed by atoms with Crippen LogP contribution in [0.2, 0.25) is 0 Å². The fourth-order valence-electron chi connectivity index (χ4n) is 1.50. The van der Waals surface area contributed by atoms with Gasteiger partial charge < -0.3 is 5.11 Å². The third kappa shape index (κ3) is 2.82. The zero-order valence-electron chi connectivity index (χ0n) is 8.64. The molecule has 0 aliphatic rings. The summed E-state index contributed by atoms with van der Waals surface area (Å²) in [6, 6.07) is 10.0. The van der Waals surface area contributed by atoms with E-state index >= 15 is 0 Å². The van der Waals surface area contributed by atoms with Crippen molar-refractivity contribution in [3.05, 3.63) is 41.3 Å². The molecule has 0 aliphatic carbocycles. The van der Waals surface area contributed by atoms with Gasteiger partial charge in [-0.25, -0.2) is 0 Å². The van der Waals surface area contributed by atoms with Crippen LogP contribution >= 0.6 is 23.1 Å². The second-order valence-corrected chi connectivity index (χ2v) is 4.57. The Kier molecular flexibility index (Phi) is 3.93. The highest BCUT2D eigenvalue weighted by Crippen LogP contribution is 2.19. The van der Waals surface area contributed by atoms with E-state index in [1.807, 2.05) is 35.7 Å². The average Bonchev–Trinajstić information content (AvgIpc) is 2.83. The molecule has 0 amide bonds. The lowest BCUT2D eigenvalue weighted by atomic mass is 10.1. The maximum atomic E-state index is 9.42. The van der Waals surface area contributed by atoms with E-state index in [2.05, 4.69) is 4.37 Å². The van der Waals surface area contributed by atoms with Crippen LogP contribution in [0.5, 0.6) is 0 Å². The molecule has 1 N–H and O–H groups in total. The van der Waals surface area contributed by atoms with Crippen LogP contribution in [0.1, 0.15) is 5.56 Å². The Hall–Kier alpha value is -0.900. The Labute approximate surface area is 104 Å². The SMILES string of the molecule is OC(CCl)Cc1ccc(-c2ccsn2)cc1. The molecule has 0 aliphatic heterocycles. The molecule has 1 unspecified atom stereocenters. The third-order valence-corrected chi connectivity index (χ3v) is 3.25. The van der Waals surface area contributed by atoms with E-state index in [1.54, 1.807) is 0 Å². The lowest BCUT2D eigenvalue weighted by Crippen LogP contribution is -2.11. The summed E-state index contributed by atoms with van der Waals surface area (Å²) in [5, 5.41) is 11.4. The van der Waals surface area contributed by atoms with Crippen molar-refractivity contribution in [2.75, 3.05) is 5.88 Å². The molecule has 1 heterocycles. The fraction of sp³-hybridized carbons (Fsp3) is 0.250. The number of nitrogens with zero attached hydrogens (tertiary/aromatic N) is 1. The van der Waals surface area contributed by atoms with Gasteiger partial charge in [-0.1, -0.05) is 24.3 Å². The van der Waals surface area contributed by atoms with Gasteiger partial charge in [0.05, 0.1) is 11.8 Å². The predicted octanol–water partition coefficient (Wildman–Crippen LogP) is 2.95. The van der Waals surface area contributed by atoms with Crippen LogP contribution in [0.15, 0.2) is 35.7 Å². The summed E-state index contributed by atoms with van der Waals surface area (Å²) in [5.74, 6) is 0.272. The van der Waals surface area contributed by atoms with E-state index in [4.69, 9.17) is 11.6 Å². The molecule has 2 nitrogen and oxygen atoms in total. The van der Waals surface area contributed by atoms with E-state index in [9.17, 15) is 5.11 Å². The van der Waals surface area contributed by atoms with Crippen molar-refractivity contribution in [3.8, 4) is 11.3 Å². The zero-order valence-corrected chi connectivity index (χ0v) is 10.2. The first-order chi connectivity index (χ1) is 7.79. The van der Waals surface area contributed by atoms with Gasteiger partial charge in [0.15, 0.2) is 0 Å². The Morgan fingerprint density at radius 2 is 2.00 bits per heavy atom. The first-order valence-electron chi connectivity index (χ1n) is 5.03. The van der Waals surface area contributed by atoms with Gasteiger partial charge in [0.25, 0.3) is 0 Å². The molecule has 0 bridgehead atoms. The molecular formula is C12H12ClNOS. The molecule has 2 aromatic rings. The highest BCUT2D eigenvalue weighted by Gasteiger charge is 2.04. The second kappa shape index (κ2) is 5.43. The van der Waals surface area contributed by atoms with Crippen molar-refractivity contribution in [3.63, 3.8) is 0 Å². The normalized spacial score (nSPS) is 12.6. The summed E-state index contributed by atoms with van der Waals surface area (Å²) in [7, 11) is 0. The highest BCUT2D eigenvalue weighted by atomic mass is 35.5. The van der Waals surface area contributed by atoms with Gasteiger partial charge >= 0.3 is 0 Å². The number of alkyl halides is 1. The van der Waals surface area contributed by atoms with Crippen LogP contribution in [0.4, 0.5) is 0 Å². The molecule has 16 heavy (non-hydrogen) atoms. The van der Waals surface area contributed by atoms with Crippen LogP contribution in [0.25, 0.3) is 11.3 Å². The number of aromatic nitrogens is 1. The van der Waals surface area contributed by atoms with E-state index in [0.29, 0.717) is 6.42 Å². The Morgan fingerprint density at radius 1 is 1.25 bits per heavy atom. The van der Waals surface area contributed by atoms with Gasteiger partial charge in [-0.3, -0.25) is 0 Å². The van der Waals surface area contributed by atoms with Crippen molar-refractivity contribution in [1.29, 1.82) is 0 Å². The van der Waals surface area contributed by atoms with Crippen LogP contribution in [-0.4, -0.2) is 21.5 Å². The molecule has 1 atom stereocenters. The zero-order chi connectivity index (χ0) is 11.4. The summed E-state index contributed by atoms with van der Waals surface area (Å²) >= 11 is 7.00. The van der Waals surface area contributed by atoms with Gasteiger partial charge in [0, 0.05) is 16.8 Å². The molecular weight excluding hydrogens is 242 g/mol. The summed E-state index contributed by atoms with van der Waals surface area (Å²) in [6.07, 6.45) is 0.132. The number of aliphatic hydroxyl groups is 1. The Morgan fingerprint density at radius 3 is 2.56 bits per heavy atom. The summed E-state index contributed by atoms with van der Waals surface area (Å²) in [4.78, 5) is 0. The molecule has 0 saturated carbocycles. The summed E-state index contributed by atoms with van der Waals surface area (Å²) < 4.78 is 4.26. The monoisotopic (exact) mass is 253 g/mol. The van der Waals surface area contributed by atoms with Crippen molar-refractivity contribution in [1.82, 2.24) is 4.37 Å². The van der Waals surface area contributed by atoms with E-state index < -0.39 is 6.10 Å². The quantitative estimate of drug-likeness (QED) is 0.850. The number of benzene rings is 1. The molecule has 4 heteroatoms. The maximum absolute atomic E-state index is 9.42. The fourth-order valence-corrected chi connectivity index (χ4v) is 2.14. The molecule has 0 radical (unpaired) electrons. The minimum Gasteiger partial charge on any atom is -0.392 e. The number of aliphatic hydroxyl groups excluding tert-OH is 1. The van der Waals surface area contributed by atoms with Gasteiger partial charge in [-0.05, 0) is 29.6 Å². The molecule has 0 fully saturated rings. The Balaban J connectivity index is 2.11. The topological polar surface area (TPSA) is 33.1 Å². The summed E-state index contributed by atoms with van der Waals surface area (Å²) in [5.41, 5.74) is 3.19. The minimum absolute atomic E-state index is 0.272. The molecule has 1 aromatic carbocycles. The molecule has 0 spiro atoms.